The first-order valence-corrected chi connectivity index (χ1v) is 6.40. The molecule has 0 bridgehead atoms. The average Bonchev–Trinajstić information content (AvgIpc) is 2.94. The summed E-state index contributed by atoms with van der Waals surface area (Å²) in [4.78, 5) is 24.4. The van der Waals surface area contributed by atoms with Gasteiger partial charge in [0.25, 0.3) is 0 Å². The van der Waals surface area contributed by atoms with Crippen molar-refractivity contribution in [2.75, 3.05) is 0 Å². The normalized spacial score (nSPS) is 41.2. The highest BCUT2D eigenvalue weighted by Crippen LogP contribution is 2.61. The maximum atomic E-state index is 12.5. The molecule has 0 amide bonds. The van der Waals surface area contributed by atoms with E-state index in [4.69, 9.17) is 4.74 Å². The van der Waals surface area contributed by atoms with Crippen molar-refractivity contribution in [3.8, 4) is 0 Å². The van der Waals surface area contributed by atoms with Gasteiger partial charge in [-0.3, -0.25) is 9.59 Å². The summed E-state index contributed by atoms with van der Waals surface area (Å²) in [6.45, 7) is 1.98. The molecule has 0 aromatic heterocycles. The minimum Gasteiger partial charge on any atom is -0.450 e. The van der Waals surface area contributed by atoms with Crippen LogP contribution in [0.1, 0.15) is 51.9 Å². The van der Waals surface area contributed by atoms with Crippen molar-refractivity contribution < 1.29 is 14.3 Å². The predicted octanol–water partition coefficient (Wildman–Crippen LogP) is 2.23. The van der Waals surface area contributed by atoms with Crippen LogP contribution in [-0.4, -0.2) is 17.4 Å². The second kappa shape index (κ2) is 3.08. The van der Waals surface area contributed by atoms with E-state index in [9.17, 15) is 9.59 Å². The standard InChI is InChI=1S/C13H18O3/c1-9-8-13(9)10(14)12(16-11(13)15)6-4-2-3-5-7-12/h9H,2-8H2,1H3/t9-,13?/m0/s1. The first kappa shape index (κ1) is 10.3. The number of hydrogen-bond donors (Lipinski definition) is 0. The quantitative estimate of drug-likeness (QED) is 0.466. The van der Waals surface area contributed by atoms with E-state index in [1.165, 1.54) is 0 Å². The molecule has 0 aromatic rings. The Balaban J connectivity index is 1.93. The molecule has 0 N–H and O–H groups in total. The van der Waals surface area contributed by atoms with Crippen LogP contribution in [0.15, 0.2) is 0 Å². The molecular formula is C13H18O3. The molecule has 2 aliphatic carbocycles. The summed E-state index contributed by atoms with van der Waals surface area (Å²) in [6, 6.07) is 0. The second-order valence-electron chi connectivity index (χ2n) is 5.70. The molecule has 3 nitrogen and oxygen atoms in total. The molecule has 1 heterocycles. The number of Topliss-reactive ketones (excluding diaryl/α,β-unsaturated/α-hetero) is 1. The van der Waals surface area contributed by atoms with E-state index in [1.807, 2.05) is 6.92 Å². The summed E-state index contributed by atoms with van der Waals surface area (Å²) in [5.74, 6) is 0.0847. The molecule has 3 aliphatic rings. The number of carbonyl (C=O) groups is 2. The van der Waals surface area contributed by atoms with Gasteiger partial charge in [-0.15, -0.1) is 0 Å². The Labute approximate surface area is 95.5 Å². The molecule has 1 unspecified atom stereocenters. The van der Waals surface area contributed by atoms with E-state index < -0.39 is 11.0 Å². The molecule has 3 heteroatoms. The zero-order chi connectivity index (χ0) is 11.4. The number of ether oxygens (including phenoxy) is 1. The summed E-state index contributed by atoms with van der Waals surface area (Å²) < 4.78 is 5.54. The number of ketones is 1. The lowest BCUT2D eigenvalue weighted by Gasteiger charge is -2.24. The Bertz CT molecular complexity index is 352. The van der Waals surface area contributed by atoms with Crippen molar-refractivity contribution >= 4 is 11.8 Å². The van der Waals surface area contributed by atoms with Crippen molar-refractivity contribution in [3.63, 3.8) is 0 Å². The van der Waals surface area contributed by atoms with Crippen molar-refractivity contribution in [1.82, 2.24) is 0 Å². The van der Waals surface area contributed by atoms with Gasteiger partial charge >= 0.3 is 5.97 Å². The lowest BCUT2D eigenvalue weighted by atomic mass is 9.83. The SMILES string of the molecule is C[C@H]1CC12C(=O)OC1(CCCCCC1)C2=O. The minimum absolute atomic E-state index is 0.111. The van der Waals surface area contributed by atoms with Gasteiger partial charge < -0.3 is 4.74 Å². The Morgan fingerprint density at radius 2 is 1.69 bits per heavy atom. The van der Waals surface area contributed by atoms with Gasteiger partial charge in [-0.05, 0) is 38.0 Å². The van der Waals surface area contributed by atoms with Gasteiger partial charge in [0.05, 0.1) is 0 Å². The molecule has 2 atom stereocenters. The fourth-order valence-corrected chi connectivity index (χ4v) is 3.47. The Morgan fingerprint density at radius 3 is 2.12 bits per heavy atom. The van der Waals surface area contributed by atoms with E-state index in [0.717, 1.165) is 38.5 Å². The van der Waals surface area contributed by atoms with Crippen LogP contribution in [0.25, 0.3) is 0 Å². The second-order valence-corrected chi connectivity index (χ2v) is 5.70. The summed E-state index contributed by atoms with van der Waals surface area (Å²) in [7, 11) is 0. The van der Waals surface area contributed by atoms with E-state index in [0.29, 0.717) is 6.42 Å². The third-order valence-corrected chi connectivity index (χ3v) is 4.69. The van der Waals surface area contributed by atoms with Crippen LogP contribution in [-0.2, 0) is 14.3 Å². The van der Waals surface area contributed by atoms with E-state index in [1.54, 1.807) is 0 Å². The monoisotopic (exact) mass is 222 g/mol. The van der Waals surface area contributed by atoms with E-state index in [-0.39, 0.29) is 17.7 Å². The minimum atomic E-state index is -0.724. The number of hydrogen-bond acceptors (Lipinski definition) is 3. The number of carbonyl (C=O) groups excluding carboxylic acids is 2. The first-order chi connectivity index (χ1) is 7.62. The Hall–Kier alpha value is -0.860. The molecule has 1 saturated heterocycles. The van der Waals surface area contributed by atoms with Crippen molar-refractivity contribution in [1.29, 1.82) is 0 Å². The van der Waals surface area contributed by atoms with Crippen LogP contribution in [0.4, 0.5) is 0 Å². The maximum absolute atomic E-state index is 12.5. The lowest BCUT2D eigenvalue weighted by molar-refractivity contribution is -0.154. The zero-order valence-corrected chi connectivity index (χ0v) is 9.75. The van der Waals surface area contributed by atoms with Crippen LogP contribution in [0.3, 0.4) is 0 Å². The molecule has 2 saturated carbocycles. The highest BCUT2D eigenvalue weighted by Gasteiger charge is 2.74. The Morgan fingerprint density at radius 1 is 1.12 bits per heavy atom. The number of esters is 1. The van der Waals surface area contributed by atoms with Gasteiger partial charge in [0, 0.05) is 0 Å². The summed E-state index contributed by atoms with van der Waals surface area (Å²) in [5, 5.41) is 0. The molecule has 0 radical (unpaired) electrons. The van der Waals surface area contributed by atoms with E-state index >= 15 is 0 Å². The maximum Gasteiger partial charge on any atom is 0.321 e. The van der Waals surface area contributed by atoms with E-state index in [2.05, 4.69) is 0 Å². The van der Waals surface area contributed by atoms with Gasteiger partial charge in [-0.2, -0.15) is 0 Å². The highest BCUT2D eigenvalue weighted by molar-refractivity contribution is 6.16. The summed E-state index contributed by atoms with van der Waals surface area (Å²) in [6.07, 6.45) is 6.59. The van der Waals surface area contributed by atoms with Crippen molar-refractivity contribution in [2.24, 2.45) is 11.3 Å². The average molecular weight is 222 g/mol. The molecule has 1 aliphatic heterocycles. The molecule has 2 spiro atoms. The van der Waals surface area contributed by atoms with Crippen molar-refractivity contribution in [2.45, 2.75) is 57.5 Å². The topological polar surface area (TPSA) is 43.4 Å². The fraction of sp³-hybridized carbons (Fsp3) is 0.846. The van der Waals surface area contributed by atoms with Gasteiger partial charge in [0.15, 0.2) is 11.4 Å². The molecule has 0 aromatic carbocycles. The van der Waals surface area contributed by atoms with Gasteiger partial charge in [-0.1, -0.05) is 19.8 Å². The van der Waals surface area contributed by atoms with Crippen LogP contribution in [0, 0.1) is 11.3 Å². The smallest absolute Gasteiger partial charge is 0.321 e. The zero-order valence-electron chi connectivity index (χ0n) is 9.75. The number of rotatable bonds is 0. The van der Waals surface area contributed by atoms with Gasteiger partial charge in [0.2, 0.25) is 0 Å². The molecule has 3 fully saturated rings. The summed E-state index contributed by atoms with van der Waals surface area (Å²) >= 11 is 0. The molecule has 16 heavy (non-hydrogen) atoms. The third-order valence-electron chi connectivity index (χ3n) is 4.69. The lowest BCUT2D eigenvalue weighted by Crippen LogP contribution is -2.37. The predicted molar refractivity (Wildman–Crippen MR) is 57.7 cm³/mol. The third kappa shape index (κ3) is 1.09. The van der Waals surface area contributed by atoms with Crippen LogP contribution in [0.5, 0.6) is 0 Å². The fourth-order valence-electron chi connectivity index (χ4n) is 3.47. The molecule has 3 rings (SSSR count). The van der Waals surface area contributed by atoms with Crippen molar-refractivity contribution in [3.05, 3.63) is 0 Å². The largest absolute Gasteiger partial charge is 0.450 e. The van der Waals surface area contributed by atoms with Gasteiger partial charge in [0.1, 0.15) is 5.41 Å². The van der Waals surface area contributed by atoms with Crippen LogP contribution in [0.2, 0.25) is 0 Å². The highest BCUT2D eigenvalue weighted by atomic mass is 16.6. The van der Waals surface area contributed by atoms with Crippen LogP contribution < -0.4 is 0 Å². The van der Waals surface area contributed by atoms with Gasteiger partial charge in [-0.25, -0.2) is 0 Å². The van der Waals surface area contributed by atoms with Crippen LogP contribution >= 0.6 is 0 Å². The Kier molecular flexibility index (Phi) is 1.99. The molecular weight excluding hydrogens is 204 g/mol. The molecule has 88 valence electrons. The summed E-state index contributed by atoms with van der Waals surface area (Å²) in [5.41, 5.74) is -1.44. The first-order valence-electron chi connectivity index (χ1n) is 6.40.